The van der Waals surface area contributed by atoms with Crippen LogP contribution in [0.5, 0.6) is 0 Å². The van der Waals surface area contributed by atoms with Gasteiger partial charge >= 0.3 is 6.03 Å². The van der Waals surface area contributed by atoms with E-state index in [0.717, 1.165) is 9.78 Å². The molecule has 4 amide bonds. The van der Waals surface area contributed by atoms with Crippen LogP contribution in [-0.2, 0) is 16.0 Å². The zero-order chi connectivity index (χ0) is 20.4. The third kappa shape index (κ3) is 3.60. The molecule has 144 valence electrons. The van der Waals surface area contributed by atoms with Gasteiger partial charge in [0.15, 0.2) is 5.78 Å². The molecule has 4 rings (SSSR count). The maximum absolute atomic E-state index is 13.0. The average molecular weight is 404 g/mol. The highest BCUT2D eigenvalue weighted by Crippen LogP contribution is 2.38. The zero-order valence-corrected chi connectivity index (χ0v) is 16.0. The van der Waals surface area contributed by atoms with Crippen LogP contribution in [0.1, 0.15) is 26.7 Å². The van der Waals surface area contributed by atoms with E-state index in [-0.39, 0.29) is 12.2 Å². The number of urea groups is 1. The van der Waals surface area contributed by atoms with Crippen molar-refractivity contribution in [3.05, 3.63) is 88.1 Å². The lowest BCUT2D eigenvalue weighted by molar-refractivity contribution is -0.127. The van der Waals surface area contributed by atoms with Crippen molar-refractivity contribution in [3.63, 3.8) is 0 Å². The largest absolute Gasteiger partial charge is 0.335 e. The van der Waals surface area contributed by atoms with Gasteiger partial charge in [0.25, 0.3) is 5.91 Å². The predicted octanol–water partition coefficient (Wildman–Crippen LogP) is 3.54. The molecule has 0 saturated carbocycles. The molecule has 2 aromatic carbocycles. The molecule has 1 aliphatic heterocycles. The summed E-state index contributed by atoms with van der Waals surface area (Å²) in [4.78, 5) is 52.7. The number of para-hydroxylation sites is 1. The van der Waals surface area contributed by atoms with Gasteiger partial charge in [0.1, 0.15) is 5.92 Å². The number of hydrogen-bond donors (Lipinski definition) is 1. The molecule has 2 heterocycles. The summed E-state index contributed by atoms with van der Waals surface area (Å²) >= 11 is 1.44. The van der Waals surface area contributed by atoms with E-state index >= 15 is 0 Å². The minimum absolute atomic E-state index is 0.112. The van der Waals surface area contributed by atoms with Crippen molar-refractivity contribution in [2.45, 2.75) is 12.3 Å². The third-order valence-corrected chi connectivity index (χ3v) is 5.54. The van der Waals surface area contributed by atoms with Gasteiger partial charge in [-0.2, -0.15) is 0 Å². The first-order chi connectivity index (χ1) is 14.1. The Labute approximate surface area is 170 Å². The van der Waals surface area contributed by atoms with E-state index in [0.29, 0.717) is 16.8 Å². The minimum Gasteiger partial charge on any atom is -0.298 e. The summed E-state index contributed by atoms with van der Waals surface area (Å²) in [6.07, 6.45) is 0.112. The average Bonchev–Trinajstić information content (AvgIpc) is 3.33. The maximum atomic E-state index is 13.0. The van der Waals surface area contributed by atoms with Crippen LogP contribution in [0.3, 0.4) is 0 Å². The zero-order valence-electron chi connectivity index (χ0n) is 15.2. The molecule has 29 heavy (non-hydrogen) atoms. The first kappa shape index (κ1) is 18.8. The molecule has 0 saturated heterocycles. The number of imide groups is 2. The van der Waals surface area contributed by atoms with E-state index in [1.807, 2.05) is 17.5 Å². The summed E-state index contributed by atoms with van der Waals surface area (Å²) in [5, 5.41) is 4.10. The van der Waals surface area contributed by atoms with E-state index < -0.39 is 23.8 Å². The summed E-state index contributed by atoms with van der Waals surface area (Å²) < 4.78 is 0. The molecule has 0 bridgehead atoms. The Hall–Kier alpha value is -3.58. The van der Waals surface area contributed by atoms with E-state index in [1.165, 1.54) is 11.3 Å². The van der Waals surface area contributed by atoms with Crippen molar-refractivity contribution in [2.75, 3.05) is 4.90 Å². The number of amides is 4. The van der Waals surface area contributed by atoms with Crippen LogP contribution in [0, 0.1) is 0 Å². The Morgan fingerprint density at radius 3 is 2.38 bits per heavy atom. The van der Waals surface area contributed by atoms with E-state index in [1.54, 1.807) is 54.6 Å². The molecule has 1 N–H and O–H groups in total. The van der Waals surface area contributed by atoms with Gasteiger partial charge in [-0.15, -0.1) is 11.3 Å². The van der Waals surface area contributed by atoms with Gasteiger partial charge in [0.2, 0.25) is 5.91 Å². The normalized spacial score (nSPS) is 15.1. The SMILES string of the molecule is O=C(NC(=O)N1C(=O)C(C(=O)Cc2cccs2)c2ccccc21)c1ccccc1. The van der Waals surface area contributed by atoms with Crippen LogP contribution in [-0.4, -0.2) is 23.6 Å². The van der Waals surface area contributed by atoms with Crippen molar-refractivity contribution in [1.29, 1.82) is 0 Å². The molecule has 1 unspecified atom stereocenters. The van der Waals surface area contributed by atoms with E-state index in [9.17, 15) is 19.2 Å². The molecule has 0 spiro atoms. The fourth-order valence-electron chi connectivity index (χ4n) is 3.34. The molecular weight excluding hydrogens is 388 g/mol. The number of anilines is 1. The summed E-state index contributed by atoms with van der Waals surface area (Å²) in [6.45, 7) is 0. The monoisotopic (exact) mass is 404 g/mol. The van der Waals surface area contributed by atoms with Gasteiger partial charge in [0.05, 0.1) is 5.69 Å². The summed E-state index contributed by atoms with van der Waals surface area (Å²) in [7, 11) is 0. The van der Waals surface area contributed by atoms with E-state index in [2.05, 4.69) is 5.32 Å². The van der Waals surface area contributed by atoms with Crippen molar-refractivity contribution >= 4 is 40.7 Å². The van der Waals surface area contributed by atoms with Crippen molar-refractivity contribution < 1.29 is 19.2 Å². The van der Waals surface area contributed by atoms with Gasteiger partial charge in [-0.1, -0.05) is 42.5 Å². The molecule has 7 heteroatoms. The second-order valence-electron chi connectivity index (χ2n) is 6.51. The number of fused-ring (bicyclic) bond motifs is 1. The third-order valence-electron chi connectivity index (χ3n) is 4.67. The topological polar surface area (TPSA) is 83.6 Å². The van der Waals surface area contributed by atoms with Crippen LogP contribution < -0.4 is 10.2 Å². The summed E-state index contributed by atoms with van der Waals surface area (Å²) in [5.74, 6) is -2.61. The number of nitrogens with one attached hydrogen (secondary N) is 1. The first-order valence-corrected chi connectivity index (χ1v) is 9.82. The number of thiophene rings is 1. The molecule has 1 atom stereocenters. The van der Waals surface area contributed by atoms with Gasteiger partial charge in [0, 0.05) is 16.9 Å². The molecule has 0 aliphatic carbocycles. The lowest BCUT2D eigenvalue weighted by Gasteiger charge is -2.16. The lowest BCUT2D eigenvalue weighted by Crippen LogP contribution is -2.46. The summed E-state index contributed by atoms with van der Waals surface area (Å²) in [5.41, 5.74) is 1.09. The minimum atomic E-state index is -1.06. The van der Waals surface area contributed by atoms with Crippen LogP contribution in [0.4, 0.5) is 10.5 Å². The number of rotatable bonds is 4. The Morgan fingerprint density at radius 1 is 0.931 bits per heavy atom. The first-order valence-electron chi connectivity index (χ1n) is 8.94. The fourth-order valence-corrected chi connectivity index (χ4v) is 4.05. The van der Waals surface area contributed by atoms with Crippen molar-refractivity contribution in [1.82, 2.24) is 5.32 Å². The number of hydrogen-bond acceptors (Lipinski definition) is 5. The number of ketones is 1. The number of carbonyl (C=O) groups is 4. The number of Topliss-reactive ketones (excluding diaryl/α,β-unsaturated/α-hetero) is 1. The fraction of sp³-hybridized carbons (Fsp3) is 0.0909. The molecule has 6 nitrogen and oxygen atoms in total. The number of benzene rings is 2. The lowest BCUT2D eigenvalue weighted by atomic mass is 9.94. The second-order valence-corrected chi connectivity index (χ2v) is 7.55. The predicted molar refractivity (Wildman–Crippen MR) is 109 cm³/mol. The van der Waals surface area contributed by atoms with Gasteiger partial charge in [-0.3, -0.25) is 19.7 Å². The van der Waals surface area contributed by atoms with Crippen LogP contribution >= 0.6 is 11.3 Å². The van der Waals surface area contributed by atoms with Gasteiger partial charge < -0.3 is 0 Å². The standard InChI is InChI=1S/C22H16N2O4S/c25-18(13-15-9-6-12-29-15)19-16-10-4-5-11-17(16)24(21(19)27)22(28)23-20(26)14-7-2-1-3-8-14/h1-12,19H,13H2,(H,23,26,28). The highest BCUT2D eigenvalue weighted by atomic mass is 32.1. The molecular formula is C22H16N2O4S. The van der Waals surface area contributed by atoms with Crippen LogP contribution in [0.15, 0.2) is 72.1 Å². The molecule has 1 aromatic heterocycles. The second kappa shape index (κ2) is 7.81. The van der Waals surface area contributed by atoms with Crippen LogP contribution in [0.25, 0.3) is 0 Å². The van der Waals surface area contributed by atoms with Gasteiger partial charge in [-0.25, -0.2) is 9.69 Å². The molecule has 0 fully saturated rings. The van der Waals surface area contributed by atoms with Crippen molar-refractivity contribution in [2.24, 2.45) is 0 Å². The quantitative estimate of drug-likeness (QED) is 0.674. The van der Waals surface area contributed by atoms with E-state index in [4.69, 9.17) is 0 Å². The Balaban J connectivity index is 1.59. The highest BCUT2D eigenvalue weighted by Gasteiger charge is 2.44. The highest BCUT2D eigenvalue weighted by molar-refractivity contribution is 7.10. The number of carbonyl (C=O) groups excluding carboxylic acids is 4. The van der Waals surface area contributed by atoms with Crippen LogP contribution in [0.2, 0.25) is 0 Å². The Bertz CT molecular complexity index is 1090. The smallest absolute Gasteiger partial charge is 0.298 e. The van der Waals surface area contributed by atoms with Crippen molar-refractivity contribution in [3.8, 4) is 0 Å². The molecule has 1 aliphatic rings. The Kier molecular flexibility index (Phi) is 5.05. The molecule has 0 radical (unpaired) electrons. The Morgan fingerprint density at radius 2 is 1.66 bits per heavy atom. The maximum Gasteiger partial charge on any atom is 0.335 e. The van der Waals surface area contributed by atoms with Gasteiger partial charge in [-0.05, 0) is 35.2 Å². The molecule has 3 aromatic rings. The summed E-state index contributed by atoms with van der Waals surface area (Å²) in [6, 6.07) is 17.7. The number of nitrogens with zero attached hydrogens (tertiary/aromatic N) is 1.